The highest BCUT2D eigenvalue weighted by Crippen LogP contribution is 2.13. The number of hydrogen-bond donors (Lipinski definition) is 1. The molecule has 16 heavy (non-hydrogen) atoms. The van der Waals surface area contributed by atoms with Gasteiger partial charge in [0, 0.05) is 44.3 Å². The van der Waals surface area contributed by atoms with Gasteiger partial charge in [-0.25, -0.2) is 0 Å². The maximum Gasteiger partial charge on any atom is 0.0219 e. The zero-order valence-electron chi connectivity index (χ0n) is 11.4. The maximum absolute atomic E-state index is 6.11. The van der Waals surface area contributed by atoms with Gasteiger partial charge in [0.25, 0.3) is 0 Å². The van der Waals surface area contributed by atoms with Crippen molar-refractivity contribution in [3.8, 4) is 0 Å². The molecule has 0 aromatic rings. The third kappa shape index (κ3) is 3.44. The Labute approximate surface area is 101 Å². The quantitative estimate of drug-likeness (QED) is 0.773. The molecule has 0 radical (unpaired) electrons. The van der Waals surface area contributed by atoms with Gasteiger partial charge in [-0.2, -0.15) is 0 Å². The van der Waals surface area contributed by atoms with Crippen molar-refractivity contribution in [2.45, 2.75) is 58.7 Å². The van der Waals surface area contributed by atoms with Gasteiger partial charge in [-0.15, -0.1) is 0 Å². The molecule has 0 amide bonds. The molecule has 96 valence electrons. The molecule has 0 aromatic carbocycles. The number of rotatable bonds is 5. The molecular formula is C13H29N3. The van der Waals surface area contributed by atoms with Gasteiger partial charge in [0.15, 0.2) is 0 Å². The molecule has 1 heterocycles. The SMILES string of the molecule is CCC(N)C(C)N1CCN(C(C)CC)CC1. The highest BCUT2D eigenvalue weighted by molar-refractivity contribution is 4.83. The Morgan fingerprint density at radius 3 is 1.88 bits per heavy atom. The summed E-state index contributed by atoms with van der Waals surface area (Å²) >= 11 is 0. The van der Waals surface area contributed by atoms with E-state index in [1.165, 1.54) is 32.6 Å². The van der Waals surface area contributed by atoms with E-state index in [-0.39, 0.29) is 0 Å². The van der Waals surface area contributed by atoms with Crippen LogP contribution in [0, 0.1) is 0 Å². The standard InChI is InChI=1S/C13H29N3/c1-5-11(3)15-7-9-16(10-8-15)12(4)13(14)6-2/h11-13H,5-10,14H2,1-4H3. The molecule has 3 nitrogen and oxygen atoms in total. The smallest absolute Gasteiger partial charge is 0.0219 e. The summed E-state index contributed by atoms with van der Waals surface area (Å²) < 4.78 is 0. The molecule has 0 aliphatic carbocycles. The molecule has 0 spiro atoms. The van der Waals surface area contributed by atoms with Crippen LogP contribution in [0.2, 0.25) is 0 Å². The van der Waals surface area contributed by atoms with E-state index in [9.17, 15) is 0 Å². The predicted molar refractivity (Wildman–Crippen MR) is 70.6 cm³/mol. The molecule has 1 rings (SSSR count). The van der Waals surface area contributed by atoms with Gasteiger partial charge in [0.2, 0.25) is 0 Å². The van der Waals surface area contributed by atoms with Gasteiger partial charge in [-0.3, -0.25) is 9.80 Å². The summed E-state index contributed by atoms with van der Waals surface area (Å²) in [5.74, 6) is 0. The van der Waals surface area contributed by atoms with Crippen molar-refractivity contribution in [2.75, 3.05) is 26.2 Å². The minimum Gasteiger partial charge on any atom is -0.326 e. The predicted octanol–water partition coefficient (Wildman–Crippen LogP) is 1.53. The van der Waals surface area contributed by atoms with Crippen LogP contribution in [0.4, 0.5) is 0 Å². The Balaban J connectivity index is 2.36. The monoisotopic (exact) mass is 227 g/mol. The molecular weight excluding hydrogens is 198 g/mol. The first-order chi connectivity index (χ1) is 7.60. The van der Waals surface area contributed by atoms with Gasteiger partial charge < -0.3 is 5.73 Å². The van der Waals surface area contributed by atoms with Crippen LogP contribution < -0.4 is 5.73 Å². The molecule has 3 heteroatoms. The second kappa shape index (κ2) is 6.58. The van der Waals surface area contributed by atoms with E-state index < -0.39 is 0 Å². The number of hydrogen-bond acceptors (Lipinski definition) is 3. The highest BCUT2D eigenvalue weighted by Gasteiger charge is 2.25. The van der Waals surface area contributed by atoms with Crippen molar-refractivity contribution in [1.82, 2.24) is 9.80 Å². The molecule has 1 saturated heterocycles. The average Bonchev–Trinajstić information content (AvgIpc) is 2.36. The molecule has 1 fully saturated rings. The van der Waals surface area contributed by atoms with Crippen LogP contribution in [0.15, 0.2) is 0 Å². The number of nitrogens with zero attached hydrogens (tertiary/aromatic N) is 2. The average molecular weight is 227 g/mol. The first-order valence-electron chi connectivity index (χ1n) is 6.83. The second-order valence-electron chi connectivity index (χ2n) is 5.14. The van der Waals surface area contributed by atoms with Crippen molar-refractivity contribution in [1.29, 1.82) is 0 Å². The fourth-order valence-corrected chi connectivity index (χ4v) is 2.46. The Hall–Kier alpha value is -0.120. The van der Waals surface area contributed by atoms with Crippen LogP contribution in [0.25, 0.3) is 0 Å². The van der Waals surface area contributed by atoms with Gasteiger partial charge in [-0.05, 0) is 26.7 Å². The van der Waals surface area contributed by atoms with Crippen molar-refractivity contribution < 1.29 is 0 Å². The lowest BCUT2D eigenvalue weighted by atomic mass is 10.1. The molecule has 1 aliphatic rings. The van der Waals surface area contributed by atoms with Crippen LogP contribution >= 0.6 is 0 Å². The van der Waals surface area contributed by atoms with Crippen LogP contribution in [-0.2, 0) is 0 Å². The number of nitrogens with two attached hydrogens (primary N) is 1. The third-order valence-corrected chi connectivity index (χ3v) is 4.23. The van der Waals surface area contributed by atoms with Crippen molar-refractivity contribution in [3.63, 3.8) is 0 Å². The van der Waals surface area contributed by atoms with E-state index in [0.29, 0.717) is 12.1 Å². The summed E-state index contributed by atoms with van der Waals surface area (Å²) in [5, 5.41) is 0. The van der Waals surface area contributed by atoms with Crippen LogP contribution in [-0.4, -0.2) is 54.1 Å². The van der Waals surface area contributed by atoms with Crippen LogP contribution in [0.3, 0.4) is 0 Å². The third-order valence-electron chi connectivity index (χ3n) is 4.23. The van der Waals surface area contributed by atoms with E-state index >= 15 is 0 Å². The Morgan fingerprint density at radius 1 is 0.938 bits per heavy atom. The Kier molecular flexibility index (Phi) is 5.73. The van der Waals surface area contributed by atoms with Gasteiger partial charge in [0.05, 0.1) is 0 Å². The highest BCUT2D eigenvalue weighted by atomic mass is 15.3. The van der Waals surface area contributed by atoms with Crippen LogP contribution in [0.5, 0.6) is 0 Å². The summed E-state index contributed by atoms with van der Waals surface area (Å²) in [6, 6.07) is 1.59. The first-order valence-corrected chi connectivity index (χ1v) is 6.83. The lowest BCUT2D eigenvalue weighted by Crippen LogP contribution is -2.55. The largest absolute Gasteiger partial charge is 0.326 e. The molecule has 0 aromatic heterocycles. The minimum atomic E-state index is 0.329. The fourth-order valence-electron chi connectivity index (χ4n) is 2.46. The van der Waals surface area contributed by atoms with Crippen molar-refractivity contribution >= 4 is 0 Å². The first kappa shape index (κ1) is 13.9. The summed E-state index contributed by atoms with van der Waals surface area (Å²) in [6.45, 7) is 13.8. The molecule has 2 N–H and O–H groups in total. The lowest BCUT2D eigenvalue weighted by molar-refractivity contribution is 0.0691. The molecule has 1 aliphatic heterocycles. The minimum absolute atomic E-state index is 0.329. The fraction of sp³-hybridized carbons (Fsp3) is 1.00. The lowest BCUT2D eigenvalue weighted by Gasteiger charge is -2.41. The van der Waals surface area contributed by atoms with Crippen molar-refractivity contribution in [2.24, 2.45) is 5.73 Å². The zero-order chi connectivity index (χ0) is 12.1. The Morgan fingerprint density at radius 2 is 1.44 bits per heavy atom. The summed E-state index contributed by atoms with van der Waals surface area (Å²) in [5.41, 5.74) is 6.11. The van der Waals surface area contributed by atoms with E-state index in [1.54, 1.807) is 0 Å². The van der Waals surface area contributed by atoms with Crippen LogP contribution in [0.1, 0.15) is 40.5 Å². The molecule has 0 bridgehead atoms. The van der Waals surface area contributed by atoms with E-state index in [2.05, 4.69) is 37.5 Å². The van der Waals surface area contributed by atoms with E-state index in [1.807, 2.05) is 0 Å². The van der Waals surface area contributed by atoms with E-state index in [0.717, 1.165) is 12.5 Å². The molecule has 3 atom stereocenters. The normalized spacial score (nSPS) is 25.3. The van der Waals surface area contributed by atoms with Gasteiger partial charge in [-0.1, -0.05) is 13.8 Å². The zero-order valence-corrected chi connectivity index (χ0v) is 11.4. The second-order valence-corrected chi connectivity index (χ2v) is 5.14. The van der Waals surface area contributed by atoms with Crippen molar-refractivity contribution in [3.05, 3.63) is 0 Å². The summed E-state index contributed by atoms with van der Waals surface area (Å²) in [7, 11) is 0. The Bertz CT molecular complexity index is 188. The molecule has 0 saturated carbocycles. The number of piperazine rings is 1. The summed E-state index contributed by atoms with van der Waals surface area (Å²) in [4.78, 5) is 5.15. The maximum atomic E-state index is 6.11. The molecule has 3 unspecified atom stereocenters. The van der Waals surface area contributed by atoms with Gasteiger partial charge >= 0.3 is 0 Å². The van der Waals surface area contributed by atoms with E-state index in [4.69, 9.17) is 5.73 Å². The topological polar surface area (TPSA) is 32.5 Å². The summed E-state index contributed by atoms with van der Waals surface area (Å²) in [6.07, 6.45) is 2.33. The van der Waals surface area contributed by atoms with Gasteiger partial charge in [0.1, 0.15) is 0 Å².